The van der Waals surface area contributed by atoms with E-state index in [0.29, 0.717) is 42.7 Å². The van der Waals surface area contributed by atoms with E-state index in [1.807, 2.05) is 6.08 Å². The number of carbonyl (C=O) groups is 2. The lowest BCUT2D eigenvalue weighted by atomic mass is 9.70. The van der Waals surface area contributed by atoms with Gasteiger partial charge in [0.25, 0.3) is 0 Å². The minimum atomic E-state index is -1.83. The summed E-state index contributed by atoms with van der Waals surface area (Å²) in [5.41, 5.74) is 0.212. The van der Waals surface area contributed by atoms with Gasteiger partial charge in [-0.3, -0.25) is 9.59 Å². The average molecular weight is 601 g/mol. The molecular formula is C34H48O9. The molecule has 0 aromatic carbocycles. The standard InChI is InChI=1S/C34H48O9/c1-6-29(35)39-18-24-15-28-32(37)41-27-16-26(43-33(17-27)13-12-22(4)23(5)42-33)11-10-21(3)14-20(2)8-7-9-25-19-40-31(30(24)36)34(25,28)38/h7-10,15,20,22-23,26-28,30-31,36,38H,6,11-14,16-19H2,1-5H3. The van der Waals surface area contributed by atoms with Gasteiger partial charge in [-0.15, -0.1) is 0 Å². The summed E-state index contributed by atoms with van der Waals surface area (Å²) in [6.45, 7) is 10.0. The molecular weight excluding hydrogens is 552 g/mol. The summed E-state index contributed by atoms with van der Waals surface area (Å²) in [6.07, 6.45) is 10.7. The van der Waals surface area contributed by atoms with Crippen molar-refractivity contribution in [2.24, 2.45) is 17.8 Å². The second kappa shape index (κ2) is 13.0. The number of fused-ring (bicyclic) bond motifs is 2. The first kappa shape index (κ1) is 32.1. The largest absolute Gasteiger partial charge is 0.462 e. The first-order chi connectivity index (χ1) is 20.4. The van der Waals surface area contributed by atoms with E-state index in [0.717, 1.165) is 12.8 Å². The number of rotatable bonds is 3. The molecule has 0 aromatic rings. The van der Waals surface area contributed by atoms with E-state index in [1.54, 1.807) is 13.0 Å². The van der Waals surface area contributed by atoms with Gasteiger partial charge in [-0.25, -0.2) is 0 Å². The normalized spacial score (nSPS) is 41.9. The maximum absolute atomic E-state index is 14.1. The van der Waals surface area contributed by atoms with E-state index in [1.165, 1.54) is 11.6 Å². The number of hydrogen-bond donors (Lipinski definition) is 2. The van der Waals surface area contributed by atoms with Crippen molar-refractivity contribution < 1.29 is 43.5 Å². The monoisotopic (exact) mass is 600 g/mol. The van der Waals surface area contributed by atoms with E-state index >= 15 is 0 Å². The summed E-state index contributed by atoms with van der Waals surface area (Å²) < 4.78 is 30.6. The van der Waals surface area contributed by atoms with Gasteiger partial charge in [-0.2, -0.15) is 0 Å². The van der Waals surface area contributed by atoms with Gasteiger partial charge in [0.1, 0.15) is 36.4 Å². The Balaban J connectivity index is 1.52. The van der Waals surface area contributed by atoms with E-state index < -0.39 is 47.6 Å². The molecule has 2 N–H and O–H groups in total. The number of esters is 2. The molecule has 3 fully saturated rings. The van der Waals surface area contributed by atoms with Crippen molar-refractivity contribution in [1.82, 2.24) is 0 Å². The highest BCUT2D eigenvalue weighted by molar-refractivity contribution is 5.79. The van der Waals surface area contributed by atoms with Gasteiger partial charge < -0.3 is 33.9 Å². The minimum Gasteiger partial charge on any atom is -0.462 e. The van der Waals surface area contributed by atoms with Crippen molar-refractivity contribution in [3.63, 3.8) is 0 Å². The van der Waals surface area contributed by atoms with Crippen LogP contribution in [-0.4, -0.2) is 77.3 Å². The van der Waals surface area contributed by atoms with E-state index in [-0.39, 0.29) is 37.8 Å². The summed E-state index contributed by atoms with van der Waals surface area (Å²) in [7, 11) is 0. The van der Waals surface area contributed by atoms with E-state index in [9.17, 15) is 19.8 Å². The third kappa shape index (κ3) is 6.71. The maximum Gasteiger partial charge on any atom is 0.316 e. The number of aliphatic hydroxyl groups excluding tert-OH is 1. The fourth-order valence-corrected chi connectivity index (χ4v) is 7.16. The van der Waals surface area contributed by atoms with Crippen molar-refractivity contribution in [3.8, 4) is 0 Å². The molecule has 5 aliphatic rings. The van der Waals surface area contributed by atoms with Crippen molar-refractivity contribution >= 4 is 11.9 Å². The molecule has 238 valence electrons. The predicted molar refractivity (Wildman–Crippen MR) is 159 cm³/mol. The van der Waals surface area contributed by atoms with Gasteiger partial charge in [0.15, 0.2) is 5.79 Å². The summed E-state index contributed by atoms with van der Waals surface area (Å²) in [4.78, 5) is 26.0. The highest BCUT2D eigenvalue weighted by Gasteiger charge is 2.60. The highest BCUT2D eigenvalue weighted by atomic mass is 16.7. The summed E-state index contributed by atoms with van der Waals surface area (Å²) in [5.74, 6) is -2.43. The Kier molecular flexibility index (Phi) is 9.69. The van der Waals surface area contributed by atoms with Crippen LogP contribution >= 0.6 is 0 Å². The molecule has 4 aliphatic heterocycles. The zero-order chi connectivity index (χ0) is 30.9. The lowest BCUT2D eigenvalue weighted by Gasteiger charge is -2.49. The molecule has 9 nitrogen and oxygen atoms in total. The second-order valence-electron chi connectivity index (χ2n) is 13.3. The molecule has 10 unspecified atom stereocenters. The van der Waals surface area contributed by atoms with Gasteiger partial charge in [0.05, 0.1) is 18.8 Å². The lowest BCUT2D eigenvalue weighted by molar-refractivity contribution is -0.332. The van der Waals surface area contributed by atoms with Crippen LogP contribution in [0.15, 0.2) is 47.1 Å². The van der Waals surface area contributed by atoms with Crippen molar-refractivity contribution in [3.05, 3.63) is 47.1 Å². The van der Waals surface area contributed by atoms with Crippen LogP contribution in [0, 0.1) is 17.8 Å². The molecule has 3 saturated heterocycles. The molecule has 0 aromatic heterocycles. The van der Waals surface area contributed by atoms with Gasteiger partial charge in [-0.1, -0.05) is 56.7 Å². The summed E-state index contributed by atoms with van der Waals surface area (Å²) >= 11 is 0. The van der Waals surface area contributed by atoms with Gasteiger partial charge in [0.2, 0.25) is 0 Å². The van der Waals surface area contributed by atoms with Gasteiger partial charge in [0, 0.05) is 25.7 Å². The Morgan fingerprint density at radius 3 is 2.72 bits per heavy atom. The van der Waals surface area contributed by atoms with Crippen LogP contribution in [0.3, 0.4) is 0 Å². The van der Waals surface area contributed by atoms with Crippen LogP contribution in [0.2, 0.25) is 0 Å². The molecule has 9 heteroatoms. The lowest BCUT2D eigenvalue weighted by Crippen LogP contribution is -2.58. The third-order valence-corrected chi connectivity index (χ3v) is 9.85. The summed E-state index contributed by atoms with van der Waals surface area (Å²) in [6, 6.07) is 0. The Morgan fingerprint density at radius 2 is 1.98 bits per heavy atom. The maximum atomic E-state index is 14.1. The second-order valence-corrected chi connectivity index (χ2v) is 13.3. The van der Waals surface area contributed by atoms with Crippen molar-refractivity contribution in [2.45, 2.75) is 121 Å². The molecule has 0 saturated carbocycles. The van der Waals surface area contributed by atoms with E-state index in [4.69, 9.17) is 23.7 Å². The molecule has 1 aliphatic carbocycles. The molecule has 43 heavy (non-hydrogen) atoms. The minimum absolute atomic E-state index is 0.00702. The summed E-state index contributed by atoms with van der Waals surface area (Å²) in [5, 5.41) is 23.4. The Bertz CT molecular complexity index is 1190. The fraction of sp³-hybridized carbons (Fsp3) is 0.706. The number of carbonyl (C=O) groups excluding carboxylic acids is 2. The van der Waals surface area contributed by atoms with Crippen molar-refractivity contribution in [2.75, 3.05) is 13.2 Å². The number of hydrogen-bond acceptors (Lipinski definition) is 9. The van der Waals surface area contributed by atoms with Gasteiger partial charge in [-0.05, 0) is 56.1 Å². The Morgan fingerprint density at radius 1 is 1.19 bits per heavy atom. The smallest absolute Gasteiger partial charge is 0.316 e. The van der Waals surface area contributed by atoms with Gasteiger partial charge >= 0.3 is 11.9 Å². The molecule has 4 heterocycles. The molecule has 0 radical (unpaired) electrons. The predicted octanol–water partition coefficient (Wildman–Crippen LogP) is 4.47. The Hall–Kier alpha value is -2.30. The van der Waals surface area contributed by atoms with Crippen LogP contribution in [-0.2, 0) is 33.3 Å². The molecule has 1 spiro atoms. The quantitative estimate of drug-likeness (QED) is 0.357. The Labute approximate surface area is 254 Å². The van der Waals surface area contributed by atoms with Crippen LogP contribution in [0.1, 0.15) is 79.6 Å². The fourth-order valence-electron chi connectivity index (χ4n) is 7.16. The zero-order valence-corrected chi connectivity index (χ0v) is 26.1. The first-order valence-corrected chi connectivity index (χ1v) is 15.9. The molecule has 0 amide bonds. The topological polar surface area (TPSA) is 121 Å². The first-order valence-electron chi connectivity index (χ1n) is 15.9. The molecule has 2 bridgehead atoms. The number of ether oxygens (including phenoxy) is 5. The molecule has 5 rings (SSSR count). The highest BCUT2D eigenvalue weighted by Crippen LogP contribution is 2.47. The van der Waals surface area contributed by atoms with Crippen LogP contribution in [0.5, 0.6) is 0 Å². The third-order valence-electron chi connectivity index (χ3n) is 9.85. The van der Waals surface area contributed by atoms with E-state index in [2.05, 4.69) is 39.8 Å². The number of allylic oxidation sites excluding steroid dienone is 4. The van der Waals surface area contributed by atoms with Crippen LogP contribution < -0.4 is 0 Å². The van der Waals surface area contributed by atoms with Crippen LogP contribution in [0.25, 0.3) is 0 Å². The molecule has 10 atom stereocenters. The SMILES string of the molecule is CCC(=O)OCC1=CC2C(=O)OC3CC(CC=C(C)CC(C)C=CC=C4COC(C1O)C42O)OC1(CCC(C)C(C)O1)C3. The number of aliphatic hydroxyl groups is 2. The van der Waals surface area contributed by atoms with Crippen LogP contribution in [0.4, 0.5) is 0 Å². The average Bonchev–Trinajstić information content (AvgIpc) is 3.30. The zero-order valence-electron chi connectivity index (χ0n) is 26.1. The van der Waals surface area contributed by atoms with Crippen molar-refractivity contribution in [1.29, 1.82) is 0 Å².